The predicted molar refractivity (Wildman–Crippen MR) is 58.3 cm³/mol. The number of aromatic nitrogens is 3. The minimum atomic E-state index is -1.13. The largest absolute Gasteiger partial charge is 0.476 e. The van der Waals surface area contributed by atoms with E-state index in [4.69, 9.17) is 10.8 Å². The molecular weight excluding hydrogens is 226 g/mol. The van der Waals surface area contributed by atoms with Crippen molar-refractivity contribution in [3.63, 3.8) is 0 Å². The molecule has 0 radical (unpaired) electrons. The molecule has 1 aromatic heterocycles. The van der Waals surface area contributed by atoms with Gasteiger partial charge < -0.3 is 16.2 Å². The Morgan fingerprint density at radius 3 is 2.88 bits per heavy atom. The van der Waals surface area contributed by atoms with E-state index in [1.54, 1.807) is 6.92 Å². The molecular formula is C9H15N5O3. The van der Waals surface area contributed by atoms with Crippen molar-refractivity contribution in [2.24, 2.45) is 5.73 Å². The van der Waals surface area contributed by atoms with Crippen molar-refractivity contribution in [3.8, 4) is 0 Å². The summed E-state index contributed by atoms with van der Waals surface area (Å²) in [5.74, 6) is -1.27. The number of hydrogen-bond donors (Lipinski definition) is 3. The Labute approximate surface area is 97.8 Å². The number of rotatable bonds is 6. The van der Waals surface area contributed by atoms with Gasteiger partial charge in [-0.15, -0.1) is 5.10 Å². The lowest BCUT2D eigenvalue weighted by Gasteiger charge is -2.06. The van der Waals surface area contributed by atoms with Gasteiger partial charge >= 0.3 is 5.97 Å². The highest BCUT2D eigenvalue weighted by molar-refractivity contribution is 5.84. The van der Waals surface area contributed by atoms with Crippen molar-refractivity contribution < 1.29 is 14.7 Å². The van der Waals surface area contributed by atoms with E-state index in [0.717, 1.165) is 0 Å². The van der Waals surface area contributed by atoms with Crippen LogP contribution in [-0.2, 0) is 11.3 Å². The lowest BCUT2D eigenvalue weighted by atomic mass is 10.2. The van der Waals surface area contributed by atoms with Gasteiger partial charge in [-0.3, -0.25) is 4.79 Å². The molecule has 94 valence electrons. The van der Waals surface area contributed by atoms with E-state index < -0.39 is 5.97 Å². The third kappa shape index (κ3) is 4.60. The minimum absolute atomic E-state index is 0.119. The van der Waals surface area contributed by atoms with Crippen LogP contribution in [0.5, 0.6) is 0 Å². The van der Waals surface area contributed by atoms with Crippen molar-refractivity contribution in [3.05, 3.63) is 11.9 Å². The van der Waals surface area contributed by atoms with E-state index in [-0.39, 0.29) is 24.1 Å². The van der Waals surface area contributed by atoms with Crippen LogP contribution in [-0.4, -0.2) is 44.6 Å². The van der Waals surface area contributed by atoms with E-state index in [9.17, 15) is 9.59 Å². The molecule has 1 unspecified atom stereocenters. The molecule has 1 aromatic rings. The Bertz CT molecular complexity index is 401. The number of nitrogens with one attached hydrogen (secondary N) is 1. The third-order valence-electron chi connectivity index (χ3n) is 1.93. The van der Waals surface area contributed by atoms with Crippen LogP contribution in [0.2, 0.25) is 0 Å². The summed E-state index contributed by atoms with van der Waals surface area (Å²) in [5, 5.41) is 18.3. The molecule has 1 heterocycles. The van der Waals surface area contributed by atoms with Gasteiger partial charge in [0.2, 0.25) is 5.91 Å². The van der Waals surface area contributed by atoms with Gasteiger partial charge in [-0.2, -0.15) is 0 Å². The van der Waals surface area contributed by atoms with Crippen LogP contribution in [0.15, 0.2) is 6.20 Å². The SMILES string of the molecule is CC(N)CC(=O)NCCn1cc(C(=O)O)nn1. The maximum absolute atomic E-state index is 11.2. The Balaban J connectivity index is 2.31. The molecule has 0 spiro atoms. The average Bonchev–Trinajstić information content (AvgIpc) is 2.65. The number of nitrogens with zero attached hydrogens (tertiary/aromatic N) is 3. The normalized spacial score (nSPS) is 12.1. The van der Waals surface area contributed by atoms with Crippen LogP contribution in [0.4, 0.5) is 0 Å². The van der Waals surface area contributed by atoms with Gasteiger partial charge in [-0.25, -0.2) is 9.48 Å². The Hall–Kier alpha value is -1.96. The van der Waals surface area contributed by atoms with Gasteiger partial charge in [0.05, 0.1) is 12.7 Å². The summed E-state index contributed by atoms with van der Waals surface area (Å²) in [6, 6.07) is -0.181. The number of hydrogen-bond acceptors (Lipinski definition) is 5. The number of carboxylic acids is 1. The lowest BCUT2D eigenvalue weighted by Crippen LogP contribution is -2.32. The van der Waals surface area contributed by atoms with Crippen LogP contribution in [0.1, 0.15) is 23.8 Å². The van der Waals surface area contributed by atoms with Crippen molar-refractivity contribution in [1.29, 1.82) is 0 Å². The summed E-state index contributed by atoms with van der Waals surface area (Å²) in [5.41, 5.74) is 5.34. The van der Waals surface area contributed by atoms with Crippen molar-refractivity contribution in [2.45, 2.75) is 25.9 Å². The molecule has 0 bridgehead atoms. The molecule has 1 amide bonds. The molecule has 8 heteroatoms. The molecule has 8 nitrogen and oxygen atoms in total. The first-order chi connectivity index (χ1) is 7.99. The molecule has 1 rings (SSSR count). The van der Waals surface area contributed by atoms with Crippen molar-refractivity contribution >= 4 is 11.9 Å². The molecule has 17 heavy (non-hydrogen) atoms. The number of carbonyl (C=O) groups is 2. The van der Waals surface area contributed by atoms with E-state index in [1.165, 1.54) is 10.9 Å². The zero-order valence-electron chi connectivity index (χ0n) is 9.46. The van der Waals surface area contributed by atoms with Crippen LogP contribution >= 0.6 is 0 Å². The molecule has 0 aromatic carbocycles. The Kier molecular flexibility index (Phi) is 4.58. The zero-order chi connectivity index (χ0) is 12.8. The second kappa shape index (κ2) is 5.94. The molecule has 1 atom stereocenters. The van der Waals surface area contributed by atoms with Gasteiger partial charge in [0.15, 0.2) is 5.69 Å². The van der Waals surface area contributed by atoms with E-state index in [2.05, 4.69) is 15.6 Å². The second-order valence-electron chi connectivity index (χ2n) is 3.70. The number of nitrogens with two attached hydrogens (primary N) is 1. The standard InChI is InChI=1S/C9H15N5O3/c1-6(10)4-8(15)11-2-3-14-5-7(9(16)17)12-13-14/h5-6H,2-4,10H2,1H3,(H,11,15)(H,16,17). The molecule has 4 N–H and O–H groups in total. The summed E-state index contributed by atoms with van der Waals surface area (Å²) in [7, 11) is 0. The minimum Gasteiger partial charge on any atom is -0.476 e. The molecule has 0 fully saturated rings. The highest BCUT2D eigenvalue weighted by atomic mass is 16.4. The predicted octanol–water partition coefficient (Wildman–Crippen LogP) is -1.17. The lowest BCUT2D eigenvalue weighted by molar-refractivity contribution is -0.121. The van der Waals surface area contributed by atoms with E-state index >= 15 is 0 Å². The zero-order valence-corrected chi connectivity index (χ0v) is 9.46. The maximum Gasteiger partial charge on any atom is 0.358 e. The quantitative estimate of drug-likeness (QED) is 0.576. The molecule has 0 aliphatic heterocycles. The van der Waals surface area contributed by atoms with E-state index in [0.29, 0.717) is 13.1 Å². The summed E-state index contributed by atoms with van der Waals surface area (Å²) >= 11 is 0. The van der Waals surface area contributed by atoms with Crippen LogP contribution < -0.4 is 11.1 Å². The fourth-order valence-electron chi connectivity index (χ4n) is 1.18. The first-order valence-corrected chi connectivity index (χ1v) is 5.14. The molecule has 0 saturated heterocycles. The number of aromatic carboxylic acids is 1. The number of carboxylic acid groups (broad SMARTS) is 1. The highest BCUT2D eigenvalue weighted by Gasteiger charge is 2.08. The molecule has 0 saturated carbocycles. The van der Waals surface area contributed by atoms with Crippen LogP contribution in [0.25, 0.3) is 0 Å². The van der Waals surface area contributed by atoms with Gasteiger partial charge in [-0.05, 0) is 6.92 Å². The highest BCUT2D eigenvalue weighted by Crippen LogP contribution is 1.92. The number of amides is 1. The smallest absolute Gasteiger partial charge is 0.358 e. The monoisotopic (exact) mass is 241 g/mol. The Morgan fingerprint density at radius 2 is 2.35 bits per heavy atom. The fraction of sp³-hybridized carbons (Fsp3) is 0.556. The van der Waals surface area contributed by atoms with Crippen LogP contribution in [0, 0.1) is 0 Å². The van der Waals surface area contributed by atoms with Gasteiger partial charge in [0.25, 0.3) is 0 Å². The third-order valence-corrected chi connectivity index (χ3v) is 1.93. The first-order valence-electron chi connectivity index (χ1n) is 5.14. The van der Waals surface area contributed by atoms with Crippen molar-refractivity contribution in [2.75, 3.05) is 6.54 Å². The van der Waals surface area contributed by atoms with E-state index in [1.807, 2.05) is 0 Å². The summed E-state index contributed by atoms with van der Waals surface area (Å²) in [6.07, 6.45) is 1.57. The maximum atomic E-state index is 11.2. The van der Waals surface area contributed by atoms with Crippen LogP contribution in [0.3, 0.4) is 0 Å². The summed E-state index contributed by atoms with van der Waals surface area (Å²) in [4.78, 5) is 21.7. The first kappa shape index (κ1) is 13.1. The number of carbonyl (C=O) groups excluding carboxylic acids is 1. The summed E-state index contributed by atoms with van der Waals surface area (Å²) in [6.45, 7) is 2.47. The Morgan fingerprint density at radius 1 is 1.65 bits per heavy atom. The molecule has 0 aliphatic carbocycles. The topological polar surface area (TPSA) is 123 Å². The summed E-state index contributed by atoms with van der Waals surface area (Å²) < 4.78 is 1.36. The molecule has 0 aliphatic rings. The van der Waals surface area contributed by atoms with Crippen molar-refractivity contribution in [1.82, 2.24) is 20.3 Å². The van der Waals surface area contributed by atoms with Gasteiger partial charge in [-0.1, -0.05) is 5.21 Å². The van der Waals surface area contributed by atoms with Gasteiger partial charge in [0, 0.05) is 19.0 Å². The van der Waals surface area contributed by atoms with Gasteiger partial charge in [0.1, 0.15) is 0 Å². The fourth-order valence-corrected chi connectivity index (χ4v) is 1.18. The second-order valence-corrected chi connectivity index (χ2v) is 3.70. The average molecular weight is 241 g/mol.